The number of aryl methyl sites for hydroxylation is 1. The molecule has 2 heterocycles. The van der Waals surface area contributed by atoms with Gasteiger partial charge in [0.25, 0.3) is 0 Å². The van der Waals surface area contributed by atoms with Crippen LogP contribution < -0.4 is 9.64 Å². The van der Waals surface area contributed by atoms with Crippen molar-refractivity contribution in [2.45, 2.75) is 33.1 Å². The van der Waals surface area contributed by atoms with Crippen LogP contribution in [0.3, 0.4) is 0 Å². The Kier molecular flexibility index (Phi) is 3.82. The molecule has 17 heavy (non-hydrogen) atoms. The van der Waals surface area contributed by atoms with E-state index in [9.17, 15) is 0 Å². The molecule has 0 bridgehead atoms. The molecule has 4 nitrogen and oxygen atoms in total. The van der Waals surface area contributed by atoms with E-state index in [2.05, 4.69) is 28.7 Å². The molecule has 0 atom stereocenters. The third-order valence-electron chi connectivity index (χ3n) is 3.45. The lowest BCUT2D eigenvalue weighted by Crippen LogP contribution is -2.34. The molecule has 1 aromatic rings. The van der Waals surface area contributed by atoms with Gasteiger partial charge in [0.15, 0.2) is 0 Å². The molecule has 2 rings (SSSR count). The molecule has 1 aromatic heterocycles. The fraction of sp³-hybridized carbons (Fsp3) is 0.692. The molecule has 0 N–H and O–H groups in total. The van der Waals surface area contributed by atoms with Crippen LogP contribution in [0.15, 0.2) is 6.20 Å². The first kappa shape index (κ1) is 12.1. The van der Waals surface area contributed by atoms with E-state index in [1.54, 1.807) is 7.11 Å². The Bertz CT molecular complexity index is 373. The highest BCUT2D eigenvalue weighted by molar-refractivity contribution is 5.36. The minimum Gasteiger partial charge on any atom is -0.481 e. The van der Waals surface area contributed by atoms with Crippen LogP contribution in [0.5, 0.6) is 5.88 Å². The number of hydrogen-bond donors (Lipinski definition) is 0. The number of nitrogens with zero attached hydrogens (tertiary/aromatic N) is 3. The predicted molar refractivity (Wildman–Crippen MR) is 68.6 cm³/mol. The summed E-state index contributed by atoms with van der Waals surface area (Å²) in [4.78, 5) is 11.2. The highest BCUT2D eigenvalue weighted by Crippen LogP contribution is 2.23. The lowest BCUT2D eigenvalue weighted by atomic mass is 10.00. The van der Waals surface area contributed by atoms with Crippen LogP contribution in [-0.4, -0.2) is 30.2 Å². The zero-order chi connectivity index (χ0) is 12.3. The Morgan fingerprint density at radius 3 is 2.71 bits per heavy atom. The van der Waals surface area contributed by atoms with E-state index in [0.29, 0.717) is 0 Å². The number of hydrogen-bond acceptors (Lipinski definition) is 4. The number of aromatic nitrogens is 2. The minimum absolute atomic E-state index is 0.719. The zero-order valence-electron chi connectivity index (χ0n) is 10.9. The maximum Gasteiger partial charge on any atom is 0.228 e. The molecule has 1 saturated heterocycles. The smallest absolute Gasteiger partial charge is 0.228 e. The molecular weight excluding hydrogens is 214 g/mol. The fourth-order valence-corrected chi connectivity index (χ4v) is 2.16. The number of anilines is 1. The number of piperidine rings is 1. The maximum absolute atomic E-state index is 5.31. The zero-order valence-corrected chi connectivity index (χ0v) is 10.9. The Balaban J connectivity index is 2.16. The number of ether oxygens (including phenoxy) is 1. The highest BCUT2D eigenvalue weighted by Gasteiger charge is 2.19. The molecule has 0 spiro atoms. The lowest BCUT2D eigenvalue weighted by Gasteiger charge is -2.30. The van der Waals surface area contributed by atoms with Crippen molar-refractivity contribution in [3.8, 4) is 5.88 Å². The first-order valence-corrected chi connectivity index (χ1v) is 6.39. The van der Waals surface area contributed by atoms with E-state index in [-0.39, 0.29) is 0 Å². The highest BCUT2D eigenvalue weighted by atomic mass is 16.5. The van der Waals surface area contributed by atoms with Crippen molar-refractivity contribution in [1.29, 1.82) is 0 Å². The summed E-state index contributed by atoms with van der Waals surface area (Å²) in [6.45, 7) is 6.49. The fourth-order valence-electron chi connectivity index (χ4n) is 2.16. The van der Waals surface area contributed by atoms with Crippen LogP contribution in [0.4, 0.5) is 5.95 Å². The lowest BCUT2D eigenvalue weighted by molar-refractivity contribution is 0.388. The summed E-state index contributed by atoms with van der Waals surface area (Å²) in [6, 6.07) is 0. The van der Waals surface area contributed by atoms with Gasteiger partial charge in [0.1, 0.15) is 0 Å². The van der Waals surface area contributed by atoms with E-state index in [1.165, 1.54) is 12.8 Å². The molecular formula is C13H21N3O. The summed E-state index contributed by atoms with van der Waals surface area (Å²) >= 11 is 0. The quantitative estimate of drug-likeness (QED) is 0.805. The predicted octanol–water partition coefficient (Wildman–Crippen LogP) is 2.28. The first-order valence-electron chi connectivity index (χ1n) is 6.39. The van der Waals surface area contributed by atoms with Gasteiger partial charge in [-0.2, -0.15) is 4.98 Å². The van der Waals surface area contributed by atoms with Gasteiger partial charge in [-0.3, -0.25) is 0 Å². The van der Waals surface area contributed by atoms with Crippen molar-refractivity contribution in [2.75, 3.05) is 25.1 Å². The van der Waals surface area contributed by atoms with E-state index in [0.717, 1.165) is 42.8 Å². The minimum atomic E-state index is 0.719. The maximum atomic E-state index is 5.31. The van der Waals surface area contributed by atoms with Crippen LogP contribution in [-0.2, 0) is 6.42 Å². The Hall–Kier alpha value is -1.32. The summed E-state index contributed by atoms with van der Waals surface area (Å²) in [6.07, 6.45) is 5.24. The molecule has 4 heteroatoms. The van der Waals surface area contributed by atoms with Crippen molar-refractivity contribution in [1.82, 2.24) is 9.97 Å². The van der Waals surface area contributed by atoms with E-state index in [1.807, 2.05) is 6.20 Å². The average molecular weight is 235 g/mol. The van der Waals surface area contributed by atoms with Crippen molar-refractivity contribution in [3.05, 3.63) is 11.8 Å². The molecule has 1 aliphatic rings. The summed E-state index contributed by atoms with van der Waals surface area (Å²) in [5.74, 6) is 2.35. The van der Waals surface area contributed by atoms with Crippen molar-refractivity contribution < 1.29 is 4.74 Å². The van der Waals surface area contributed by atoms with Crippen LogP contribution in [0.2, 0.25) is 0 Å². The third kappa shape index (κ3) is 2.68. The summed E-state index contributed by atoms with van der Waals surface area (Å²) in [5, 5.41) is 0. The van der Waals surface area contributed by atoms with Gasteiger partial charge in [-0.1, -0.05) is 13.8 Å². The van der Waals surface area contributed by atoms with Gasteiger partial charge >= 0.3 is 0 Å². The molecule has 0 radical (unpaired) electrons. The van der Waals surface area contributed by atoms with Crippen LogP contribution in [0, 0.1) is 5.92 Å². The van der Waals surface area contributed by atoms with Gasteiger partial charge in [-0.05, 0) is 25.2 Å². The standard InChI is InChI=1S/C13H21N3O/c1-4-11-9-14-13(15-12(11)17-3)16-7-5-10(2)6-8-16/h9-10H,4-8H2,1-3H3. The van der Waals surface area contributed by atoms with Crippen molar-refractivity contribution in [2.24, 2.45) is 5.92 Å². The molecule has 0 unspecified atom stereocenters. The van der Waals surface area contributed by atoms with Gasteiger partial charge < -0.3 is 9.64 Å². The summed E-state index contributed by atoms with van der Waals surface area (Å²) in [7, 11) is 1.67. The average Bonchev–Trinajstić information content (AvgIpc) is 2.39. The molecule has 0 saturated carbocycles. The normalized spacial score (nSPS) is 17.2. The SMILES string of the molecule is CCc1cnc(N2CCC(C)CC2)nc1OC. The molecule has 0 amide bonds. The first-order chi connectivity index (χ1) is 8.24. The second-order valence-electron chi connectivity index (χ2n) is 4.73. The van der Waals surface area contributed by atoms with Gasteiger partial charge in [-0.25, -0.2) is 4.98 Å². The van der Waals surface area contributed by atoms with Gasteiger partial charge in [0, 0.05) is 24.8 Å². The Labute approximate surface area is 103 Å². The number of methoxy groups -OCH3 is 1. The van der Waals surface area contributed by atoms with Crippen LogP contribution in [0.1, 0.15) is 32.3 Å². The largest absolute Gasteiger partial charge is 0.481 e. The van der Waals surface area contributed by atoms with Gasteiger partial charge in [0.05, 0.1) is 7.11 Å². The molecule has 1 aliphatic heterocycles. The number of rotatable bonds is 3. The third-order valence-corrected chi connectivity index (χ3v) is 3.45. The molecule has 0 aromatic carbocycles. The van der Waals surface area contributed by atoms with Crippen LogP contribution in [0.25, 0.3) is 0 Å². The van der Waals surface area contributed by atoms with E-state index in [4.69, 9.17) is 4.74 Å². The van der Waals surface area contributed by atoms with Gasteiger partial charge in [-0.15, -0.1) is 0 Å². The molecule has 94 valence electrons. The van der Waals surface area contributed by atoms with Crippen molar-refractivity contribution in [3.63, 3.8) is 0 Å². The van der Waals surface area contributed by atoms with Gasteiger partial charge in [0.2, 0.25) is 11.8 Å². The topological polar surface area (TPSA) is 38.2 Å². The Morgan fingerprint density at radius 2 is 2.12 bits per heavy atom. The van der Waals surface area contributed by atoms with Crippen LogP contribution >= 0.6 is 0 Å². The van der Waals surface area contributed by atoms with E-state index >= 15 is 0 Å². The molecule has 0 aliphatic carbocycles. The second kappa shape index (κ2) is 5.34. The summed E-state index contributed by atoms with van der Waals surface area (Å²) in [5.41, 5.74) is 1.07. The van der Waals surface area contributed by atoms with Crippen molar-refractivity contribution >= 4 is 5.95 Å². The summed E-state index contributed by atoms with van der Waals surface area (Å²) < 4.78 is 5.31. The monoisotopic (exact) mass is 235 g/mol. The second-order valence-corrected chi connectivity index (χ2v) is 4.73. The van der Waals surface area contributed by atoms with E-state index < -0.39 is 0 Å². The Morgan fingerprint density at radius 1 is 1.41 bits per heavy atom. The molecule has 1 fully saturated rings.